The van der Waals surface area contributed by atoms with E-state index in [0.29, 0.717) is 43.2 Å². The zero-order chi connectivity index (χ0) is 22.6. The second-order valence-corrected chi connectivity index (χ2v) is 10.6. The molecular weight excluding hydrogens is 420 g/mol. The molecule has 2 N–H and O–H groups in total. The number of amides is 2. The number of hydrogen-bond donors (Lipinski definition) is 2. The zero-order valence-electron chi connectivity index (χ0n) is 18.4. The number of hydrogen-bond acceptors (Lipinski definition) is 6. The van der Waals surface area contributed by atoms with Gasteiger partial charge in [-0.3, -0.25) is 4.40 Å². The Hall–Kier alpha value is -2.37. The third-order valence-corrected chi connectivity index (χ3v) is 7.59. The molecule has 1 saturated heterocycles. The SMILES string of the molecule is CC(O)c1cnc2c(N3CCN(C(=O)N(C)C)CC3)cc(S(=O)(=O)NC3(C)CC3)cn12. The van der Waals surface area contributed by atoms with Gasteiger partial charge in [0.25, 0.3) is 0 Å². The van der Waals surface area contributed by atoms with Crippen LogP contribution in [0.3, 0.4) is 0 Å². The van der Waals surface area contributed by atoms with E-state index in [1.807, 2.05) is 11.8 Å². The van der Waals surface area contributed by atoms with Crippen molar-refractivity contribution >= 4 is 27.4 Å². The highest BCUT2D eigenvalue weighted by molar-refractivity contribution is 7.89. The average molecular weight is 451 g/mol. The van der Waals surface area contributed by atoms with Gasteiger partial charge in [-0.1, -0.05) is 0 Å². The third kappa shape index (κ3) is 4.21. The van der Waals surface area contributed by atoms with Crippen molar-refractivity contribution in [2.75, 3.05) is 45.2 Å². The fourth-order valence-electron chi connectivity index (χ4n) is 3.85. The standard InChI is InChI=1S/C20H30N6O4S/c1-14(27)17-12-21-18-16(24-7-9-25(10-8-24)19(28)23(3)4)11-15(13-26(17)18)31(29,30)22-20(2)5-6-20/h11-14,22,27H,5-10H2,1-4H3. The van der Waals surface area contributed by atoms with Crippen molar-refractivity contribution in [2.24, 2.45) is 0 Å². The molecule has 4 rings (SSSR count). The molecule has 1 atom stereocenters. The van der Waals surface area contributed by atoms with Crippen LogP contribution in [0.15, 0.2) is 23.4 Å². The van der Waals surface area contributed by atoms with Crippen molar-refractivity contribution in [3.63, 3.8) is 0 Å². The molecule has 2 aromatic heterocycles. The van der Waals surface area contributed by atoms with Crippen LogP contribution in [0.1, 0.15) is 38.5 Å². The molecule has 1 saturated carbocycles. The van der Waals surface area contributed by atoms with E-state index in [0.717, 1.165) is 12.8 Å². The molecule has 0 radical (unpaired) electrons. The molecule has 1 unspecified atom stereocenters. The minimum Gasteiger partial charge on any atom is -0.387 e. The molecule has 0 aromatic carbocycles. The topological polar surface area (TPSA) is 110 Å². The van der Waals surface area contributed by atoms with Crippen LogP contribution in [0, 0.1) is 0 Å². The quantitative estimate of drug-likeness (QED) is 0.704. The van der Waals surface area contributed by atoms with Crippen molar-refractivity contribution < 1.29 is 18.3 Å². The number of fused-ring (bicyclic) bond motifs is 1. The van der Waals surface area contributed by atoms with Gasteiger partial charge in [0.05, 0.1) is 23.7 Å². The minimum atomic E-state index is -3.74. The Balaban J connectivity index is 1.72. The van der Waals surface area contributed by atoms with Crippen molar-refractivity contribution in [1.82, 2.24) is 23.9 Å². The Morgan fingerprint density at radius 1 is 1.26 bits per heavy atom. The first-order valence-electron chi connectivity index (χ1n) is 10.4. The number of carbonyl (C=O) groups is 1. The van der Waals surface area contributed by atoms with Crippen LogP contribution in [0.5, 0.6) is 0 Å². The molecule has 11 heteroatoms. The number of urea groups is 1. The van der Waals surface area contributed by atoms with Crippen molar-refractivity contribution in [3.8, 4) is 0 Å². The summed E-state index contributed by atoms with van der Waals surface area (Å²) in [4.78, 5) is 22.2. The number of imidazole rings is 1. The molecule has 1 aliphatic heterocycles. The fraction of sp³-hybridized carbons (Fsp3) is 0.600. The van der Waals surface area contributed by atoms with Gasteiger partial charge < -0.3 is 19.8 Å². The summed E-state index contributed by atoms with van der Waals surface area (Å²) < 4.78 is 30.6. The van der Waals surface area contributed by atoms with Gasteiger partial charge in [0, 0.05) is 52.0 Å². The van der Waals surface area contributed by atoms with Gasteiger partial charge in [-0.25, -0.2) is 22.9 Å². The van der Waals surface area contributed by atoms with Gasteiger partial charge in [0.2, 0.25) is 10.0 Å². The van der Waals surface area contributed by atoms with Crippen molar-refractivity contribution in [3.05, 3.63) is 24.2 Å². The Labute approximate surface area is 182 Å². The zero-order valence-corrected chi connectivity index (χ0v) is 19.2. The van der Waals surface area contributed by atoms with E-state index < -0.39 is 21.7 Å². The van der Waals surface area contributed by atoms with Crippen LogP contribution in [0.4, 0.5) is 10.5 Å². The van der Waals surface area contributed by atoms with Crippen molar-refractivity contribution in [1.29, 1.82) is 0 Å². The van der Waals surface area contributed by atoms with Gasteiger partial charge in [-0.2, -0.15) is 0 Å². The van der Waals surface area contributed by atoms with E-state index in [1.165, 1.54) is 6.20 Å². The number of carbonyl (C=O) groups excluding carboxylic acids is 1. The summed E-state index contributed by atoms with van der Waals surface area (Å²) in [5.41, 5.74) is 1.38. The van der Waals surface area contributed by atoms with Gasteiger partial charge in [0.15, 0.2) is 5.65 Å². The summed E-state index contributed by atoms with van der Waals surface area (Å²) in [6, 6.07) is 1.60. The van der Waals surface area contributed by atoms with Crippen LogP contribution in [0.2, 0.25) is 0 Å². The maximum atomic E-state index is 13.1. The molecule has 1 aliphatic carbocycles. The molecule has 3 heterocycles. The van der Waals surface area contributed by atoms with E-state index in [9.17, 15) is 18.3 Å². The summed E-state index contributed by atoms with van der Waals surface area (Å²) in [5.74, 6) is 0. The van der Waals surface area contributed by atoms with E-state index in [4.69, 9.17) is 0 Å². The lowest BCUT2D eigenvalue weighted by molar-refractivity contribution is 0.168. The molecule has 2 aromatic rings. The van der Waals surface area contributed by atoms with Gasteiger partial charge in [-0.05, 0) is 32.8 Å². The molecule has 31 heavy (non-hydrogen) atoms. The molecule has 2 aliphatic rings. The highest BCUT2D eigenvalue weighted by atomic mass is 32.2. The van der Waals surface area contributed by atoms with Crippen molar-refractivity contribution in [2.45, 2.75) is 43.2 Å². The van der Waals surface area contributed by atoms with E-state index >= 15 is 0 Å². The van der Waals surface area contributed by atoms with Gasteiger partial charge in [-0.15, -0.1) is 0 Å². The summed E-state index contributed by atoms with van der Waals surface area (Å²) >= 11 is 0. The van der Waals surface area contributed by atoms with Crippen LogP contribution in [-0.4, -0.2) is 84.6 Å². The monoisotopic (exact) mass is 450 g/mol. The first-order valence-corrected chi connectivity index (χ1v) is 11.9. The number of rotatable bonds is 5. The molecule has 170 valence electrons. The number of nitrogens with one attached hydrogen (secondary N) is 1. The highest BCUT2D eigenvalue weighted by Crippen LogP contribution is 2.37. The molecule has 10 nitrogen and oxygen atoms in total. The lowest BCUT2D eigenvalue weighted by atomic mass is 10.2. The number of aliphatic hydroxyl groups excluding tert-OH is 1. The molecule has 2 fully saturated rings. The minimum absolute atomic E-state index is 0.0415. The Morgan fingerprint density at radius 2 is 1.90 bits per heavy atom. The lowest BCUT2D eigenvalue weighted by Crippen LogP contribution is -2.51. The van der Waals surface area contributed by atoms with Crippen LogP contribution < -0.4 is 9.62 Å². The third-order valence-electron chi connectivity index (χ3n) is 5.98. The largest absolute Gasteiger partial charge is 0.387 e. The predicted molar refractivity (Wildman–Crippen MR) is 117 cm³/mol. The average Bonchev–Trinajstić information content (AvgIpc) is 3.25. The summed E-state index contributed by atoms with van der Waals surface area (Å²) in [5, 5.41) is 10.2. The number of aromatic nitrogens is 2. The maximum Gasteiger partial charge on any atom is 0.319 e. The predicted octanol–water partition coefficient (Wildman–Crippen LogP) is 1.02. The summed E-state index contributed by atoms with van der Waals surface area (Å²) in [6.45, 7) is 5.69. The van der Waals surface area contributed by atoms with E-state index in [1.54, 1.807) is 47.5 Å². The Morgan fingerprint density at radius 3 is 2.45 bits per heavy atom. The summed E-state index contributed by atoms with van der Waals surface area (Å²) in [6.07, 6.45) is 3.92. The number of nitrogens with zero attached hydrogens (tertiary/aromatic N) is 5. The first-order chi connectivity index (χ1) is 14.5. The maximum absolute atomic E-state index is 13.1. The number of piperazine rings is 1. The number of sulfonamides is 1. The highest BCUT2D eigenvalue weighted by Gasteiger charge is 2.41. The smallest absolute Gasteiger partial charge is 0.319 e. The second kappa shape index (κ2) is 7.64. The van der Waals surface area contributed by atoms with Gasteiger partial charge in [0.1, 0.15) is 4.90 Å². The fourth-order valence-corrected chi connectivity index (χ4v) is 5.33. The molecular formula is C20H30N6O4S. The van der Waals surface area contributed by atoms with E-state index in [-0.39, 0.29) is 10.9 Å². The lowest BCUT2D eigenvalue weighted by Gasteiger charge is -2.37. The number of aliphatic hydroxyl groups is 1. The summed E-state index contributed by atoms with van der Waals surface area (Å²) in [7, 11) is -0.293. The second-order valence-electron chi connectivity index (χ2n) is 8.93. The van der Waals surface area contributed by atoms with Crippen LogP contribution >= 0.6 is 0 Å². The first kappa shape index (κ1) is 21.8. The van der Waals surface area contributed by atoms with Crippen LogP contribution in [0.25, 0.3) is 5.65 Å². The number of pyridine rings is 1. The van der Waals surface area contributed by atoms with E-state index in [2.05, 4.69) is 9.71 Å². The van der Waals surface area contributed by atoms with Crippen LogP contribution in [-0.2, 0) is 10.0 Å². The molecule has 2 amide bonds. The molecule has 0 spiro atoms. The Bertz CT molecular complexity index is 1100. The normalized spacial score (nSPS) is 19.5. The molecule has 0 bridgehead atoms. The number of anilines is 1. The van der Waals surface area contributed by atoms with Gasteiger partial charge >= 0.3 is 6.03 Å². The Kier molecular flexibility index (Phi) is 5.39.